The van der Waals surface area contributed by atoms with Gasteiger partial charge in [-0.1, -0.05) is 23.2 Å². The van der Waals surface area contributed by atoms with Crippen molar-refractivity contribution in [1.29, 1.82) is 0 Å². The lowest BCUT2D eigenvalue weighted by atomic mass is 9.96. The number of rotatable bonds is 2. The zero-order chi connectivity index (χ0) is 14.3. The lowest BCUT2D eigenvalue weighted by Crippen LogP contribution is -2.43. The number of amides is 1. The fourth-order valence-electron chi connectivity index (χ4n) is 3.04. The summed E-state index contributed by atoms with van der Waals surface area (Å²) >= 11 is 12.4. The maximum Gasteiger partial charge on any atom is 0.223 e. The van der Waals surface area contributed by atoms with Gasteiger partial charge in [-0.3, -0.25) is 4.79 Å². The van der Waals surface area contributed by atoms with Gasteiger partial charge in [0.05, 0.1) is 6.04 Å². The van der Waals surface area contributed by atoms with Crippen LogP contribution in [0.1, 0.15) is 43.7 Å². The van der Waals surface area contributed by atoms with Gasteiger partial charge in [-0.15, -0.1) is 0 Å². The van der Waals surface area contributed by atoms with Crippen LogP contribution in [-0.2, 0) is 4.79 Å². The highest BCUT2D eigenvalue weighted by atomic mass is 35.5. The number of nitrogens with zero attached hydrogens (tertiary/aromatic N) is 1. The molecule has 5 heteroatoms. The van der Waals surface area contributed by atoms with Crippen molar-refractivity contribution in [2.75, 3.05) is 0 Å². The molecule has 2 N–H and O–H groups in total. The monoisotopic (exact) mass is 312 g/mol. The average Bonchev–Trinajstić information content (AvgIpc) is 3.22. The predicted molar refractivity (Wildman–Crippen MR) is 80.9 cm³/mol. The van der Waals surface area contributed by atoms with Gasteiger partial charge in [0, 0.05) is 28.5 Å². The van der Waals surface area contributed by atoms with Gasteiger partial charge in [0.25, 0.3) is 0 Å². The van der Waals surface area contributed by atoms with Gasteiger partial charge in [0.1, 0.15) is 0 Å². The first-order valence-corrected chi connectivity index (χ1v) is 7.85. The molecule has 3 nitrogen and oxygen atoms in total. The normalized spacial score (nSPS) is 27.6. The molecular formula is C15H18Cl2N2O. The lowest BCUT2D eigenvalue weighted by Gasteiger charge is -2.34. The number of hydrogen-bond donors (Lipinski definition) is 1. The summed E-state index contributed by atoms with van der Waals surface area (Å²) in [7, 11) is 0. The van der Waals surface area contributed by atoms with E-state index in [9.17, 15) is 4.79 Å². The highest BCUT2D eigenvalue weighted by Gasteiger charge is 2.42. The molecule has 2 fully saturated rings. The number of nitrogens with two attached hydrogens (primary N) is 1. The molecule has 2 atom stereocenters. The van der Waals surface area contributed by atoms with Gasteiger partial charge in [-0.25, -0.2) is 0 Å². The van der Waals surface area contributed by atoms with Crippen LogP contribution in [0.5, 0.6) is 0 Å². The fourth-order valence-corrected chi connectivity index (χ4v) is 3.45. The van der Waals surface area contributed by atoms with Crippen molar-refractivity contribution >= 4 is 29.1 Å². The Kier molecular flexibility index (Phi) is 3.93. The van der Waals surface area contributed by atoms with E-state index in [1.807, 2.05) is 11.0 Å². The number of carbonyl (C=O) groups is 1. The van der Waals surface area contributed by atoms with Crippen LogP contribution in [0.3, 0.4) is 0 Å². The predicted octanol–water partition coefficient (Wildman–Crippen LogP) is 3.54. The molecular weight excluding hydrogens is 295 g/mol. The average molecular weight is 313 g/mol. The number of benzene rings is 1. The summed E-state index contributed by atoms with van der Waals surface area (Å²) in [6.45, 7) is 0. The van der Waals surface area contributed by atoms with E-state index in [1.165, 1.54) is 0 Å². The Balaban J connectivity index is 2.04. The largest absolute Gasteiger partial charge is 0.331 e. The molecule has 0 aromatic heterocycles. The van der Waals surface area contributed by atoms with Crippen LogP contribution < -0.4 is 5.73 Å². The van der Waals surface area contributed by atoms with Crippen LogP contribution in [0.15, 0.2) is 18.2 Å². The van der Waals surface area contributed by atoms with Crippen molar-refractivity contribution in [3.05, 3.63) is 33.8 Å². The Morgan fingerprint density at radius 1 is 1.20 bits per heavy atom. The van der Waals surface area contributed by atoms with Crippen LogP contribution >= 0.6 is 23.2 Å². The van der Waals surface area contributed by atoms with Crippen molar-refractivity contribution in [3.8, 4) is 0 Å². The smallest absolute Gasteiger partial charge is 0.223 e. The van der Waals surface area contributed by atoms with Gasteiger partial charge in [0.15, 0.2) is 0 Å². The molecule has 2 aliphatic rings. The second kappa shape index (κ2) is 5.55. The quantitative estimate of drug-likeness (QED) is 0.908. The Labute approximate surface area is 129 Å². The molecule has 1 aromatic rings. The van der Waals surface area contributed by atoms with Gasteiger partial charge >= 0.3 is 0 Å². The Morgan fingerprint density at radius 2 is 1.95 bits per heavy atom. The van der Waals surface area contributed by atoms with Crippen molar-refractivity contribution in [1.82, 2.24) is 4.90 Å². The van der Waals surface area contributed by atoms with Gasteiger partial charge in [-0.05, 0) is 49.4 Å². The van der Waals surface area contributed by atoms with Crippen molar-refractivity contribution in [2.24, 2.45) is 5.73 Å². The van der Waals surface area contributed by atoms with E-state index in [2.05, 4.69) is 0 Å². The highest BCUT2D eigenvalue weighted by Crippen LogP contribution is 2.41. The summed E-state index contributed by atoms with van der Waals surface area (Å²) in [6, 6.07) is 5.49. The summed E-state index contributed by atoms with van der Waals surface area (Å²) in [5.41, 5.74) is 7.24. The maximum absolute atomic E-state index is 12.4. The first kappa shape index (κ1) is 14.2. The Bertz CT molecular complexity index is 531. The summed E-state index contributed by atoms with van der Waals surface area (Å²) in [6.07, 6.45) is 4.39. The third kappa shape index (κ3) is 2.67. The van der Waals surface area contributed by atoms with Gasteiger partial charge < -0.3 is 10.6 Å². The summed E-state index contributed by atoms with van der Waals surface area (Å²) < 4.78 is 0. The van der Waals surface area contributed by atoms with Gasteiger partial charge in [0.2, 0.25) is 5.91 Å². The van der Waals surface area contributed by atoms with E-state index in [1.54, 1.807) is 12.1 Å². The topological polar surface area (TPSA) is 46.3 Å². The molecule has 20 heavy (non-hydrogen) atoms. The van der Waals surface area contributed by atoms with Crippen LogP contribution in [0.2, 0.25) is 10.0 Å². The van der Waals surface area contributed by atoms with Crippen LogP contribution in [-0.4, -0.2) is 22.9 Å². The zero-order valence-electron chi connectivity index (χ0n) is 11.2. The third-order valence-corrected chi connectivity index (χ3v) is 4.72. The maximum atomic E-state index is 12.4. The second-order valence-electron chi connectivity index (χ2n) is 5.70. The van der Waals surface area contributed by atoms with Crippen molar-refractivity contribution < 1.29 is 4.79 Å². The first-order valence-electron chi connectivity index (χ1n) is 7.09. The lowest BCUT2D eigenvalue weighted by molar-refractivity contribution is -0.133. The molecule has 1 heterocycles. The summed E-state index contributed by atoms with van der Waals surface area (Å²) in [4.78, 5) is 14.4. The van der Waals surface area contributed by atoms with Crippen LogP contribution in [0.4, 0.5) is 0 Å². The number of likely N-dealkylation sites (tertiary alicyclic amines) is 1. The molecule has 1 amide bonds. The van der Waals surface area contributed by atoms with Crippen LogP contribution in [0.25, 0.3) is 0 Å². The summed E-state index contributed by atoms with van der Waals surface area (Å²) in [5.74, 6) is 0.196. The number of halogens is 2. The molecule has 1 saturated heterocycles. The molecule has 108 valence electrons. The molecule has 1 aromatic carbocycles. The minimum absolute atomic E-state index is 0.0852. The first-order chi connectivity index (χ1) is 9.58. The second-order valence-corrected chi connectivity index (χ2v) is 6.54. The van der Waals surface area contributed by atoms with Crippen molar-refractivity contribution in [2.45, 2.75) is 50.2 Å². The molecule has 0 bridgehead atoms. The van der Waals surface area contributed by atoms with E-state index < -0.39 is 0 Å². The van der Waals surface area contributed by atoms with E-state index in [0.29, 0.717) is 22.5 Å². The summed E-state index contributed by atoms with van der Waals surface area (Å²) in [5, 5.41) is 1.26. The molecule has 0 spiro atoms. The standard InChI is InChI=1S/C15H18Cl2N2O/c16-9-4-7-12(17)11(8-9)15-13(18)2-1-3-14(20)19(15)10-5-6-10/h4,7-8,10,13,15H,1-3,5-6,18H2. The minimum Gasteiger partial charge on any atom is -0.331 e. The minimum atomic E-state index is -0.149. The molecule has 2 unspecified atom stereocenters. The van der Waals surface area contributed by atoms with E-state index >= 15 is 0 Å². The van der Waals surface area contributed by atoms with Crippen LogP contribution in [0, 0.1) is 0 Å². The van der Waals surface area contributed by atoms with E-state index in [-0.39, 0.29) is 18.0 Å². The van der Waals surface area contributed by atoms with Gasteiger partial charge in [-0.2, -0.15) is 0 Å². The molecule has 1 aliphatic heterocycles. The number of carbonyl (C=O) groups excluding carboxylic acids is 1. The molecule has 3 rings (SSSR count). The highest BCUT2D eigenvalue weighted by molar-refractivity contribution is 6.33. The van der Waals surface area contributed by atoms with Crippen molar-refractivity contribution in [3.63, 3.8) is 0 Å². The SMILES string of the molecule is NC1CCCC(=O)N(C2CC2)C1c1cc(Cl)ccc1Cl. The van der Waals surface area contributed by atoms with E-state index in [4.69, 9.17) is 28.9 Å². The zero-order valence-corrected chi connectivity index (χ0v) is 12.7. The third-order valence-electron chi connectivity index (χ3n) is 4.14. The Hall–Kier alpha value is -0.770. The molecule has 1 aliphatic carbocycles. The number of hydrogen-bond acceptors (Lipinski definition) is 2. The molecule has 1 saturated carbocycles. The fraction of sp³-hybridized carbons (Fsp3) is 0.533. The molecule has 0 radical (unpaired) electrons. The Morgan fingerprint density at radius 3 is 2.65 bits per heavy atom. The van der Waals surface area contributed by atoms with E-state index in [0.717, 1.165) is 31.2 Å².